The van der Waals surface area contributed by atoms with Gasteiger partial charge < -0.3 is 21.3 Å². The first-order valence-corrected chi connectivity index (χ1v) is 16.5. The lowest BCUT2D eigenvalue weighted by molar-refractivity contribution is -0.148. The molecule has 0 radical (unpaired) electrons. The fraction of sp³-hybridized carbons (Fsp3) is 0.294. The minimum absolute atomic E-state index is 0.0723. The summed E-state index contributed by atoms with van der Waals surface area (Å²) in [5.74, 6) is -2.89. The van der Waals surface area contributed by atoms with Gasteiger partial charge in [0.15, 0.2) is 6.10 Å². The summed E-state index contributed by atoms with van der Waals surface area (Å²) in [5, 5.41) is 26.9. The molecule has 3 aromatic carbocycles. The number of hydrogen-bond donors (Lipinski definition) is 5. The molecule has 0 spiro atoms. The average Bonchev–Trinajstić information content (AvgIpc) is 3.43. The van der Waals surface area contributed by atoms with E-state index < -0.39 is 45.5 Å². The first-order valence-electron chi connectivity index (χ1n) is 15.1. The molecule has 0 aliphatic carbocycles. The van der Waals surface area contributed by atoms with E-state index in [1.165, 1.54) is 19.9 Å². The fourth-order valence-corrected chi connectivity index (χ4v) is 6.25. The summed E-state index contributed by atoms with van der Waals surface area (Å²) in [6.45, 7) is 5.12. The second kappa shape index (κ2) is 14.7. The molecule has 12 nitrogen and oxygen atoms in total. The third-order valence-corrected chi connectivity index (χ3v) is 8.83. The summed E-state index contributed by atoms with van der Waals surface area (Å²) in [4.78, 5) is 37.1. The van der Waals surface area contributed by atoms with Gasteiger partial charge in [0.25, 0.3) is 21.8 Å². The first kappa shape index (κ1) is 35.0. The van der Waals surface area contributed by atoms with Crippen molar-refractivity contribution in [2.75, 3.05) is 0 Å². The molecule has 1 aromatic heterocycles. The van der Waals surface area contributed by atoms with Gasteiger partial charge in [-0.3, -0.25) is 14.3 Å². The van der Waals surface area contributed by atoms with Gasteiger partial charge in [-0.15, -0.1) is 0 Å². The van der Waals surface area contributed by atoms with Crippen molar-refractivity contribution in [1.82, 2.24) is 19.8 Å². The monoisotopic (exact) mass is 661 g/mol. The third-order valence-electron chi connectivity index (χ3n) is 7.44. The molecule has 0 fully saturated rings. The molecule has 0 saturated heterocycles. The Morgan fingerprint density at radius 2 is 1.60 bits per heavy atom. The Hall–Kier alpha value is -4.85. The van der Waals surface area contributed by atoms with Gasteiger partial charge in [-0.25, -0.2) is 17.9 Å². The molecule has 13 heteroatoms. The highest BCUT2D eigenvalue weighted by Gasteiger charge is 2.30. The summed E-state index contributed by atoms with van der Waals surface area (Å²) < 4.78 is 29.9. The number of aliphatic hydroxyl groups excluding tert-OH is 1. The predicted molar refractivity (Wildman–Crippen MR) is 176 cm³/mol. The van der Waals surface area contributed by atoms with E-state index in [4.69, 9.17) is 5.73 Å². The Labute approximate surface area is 273 Å². The van der Waals surface area contributed by atoms with Gasteiger partial charge >= 0.3 is 5.97 Å². The van der Waals surface area contributed by atoms with Crippen molar-refractivity contribution >= 4 is 27.8 Å². The second-order valence-electron chi connectivity index (χ2n) is 11.8. The van der Waals surface area contributed by atoms with E-state index in [1.807, 2.05) is 25.1 Å². The normalized spacial score (nSPS) is 13.0. The molecule has 4 aromatic rings. The Kier molecular flexibility index (Phi) is 11.0. The van der Waals surface area contributed by atoms with Crippen molar-refractivity contribution in [3.8, 4) is 11.1 Å². The summed E-state index contributed by atoms with van der Waals surface area (Å²) in [7, 11) is -4.21. The van der Waals surface area contributed by atoms with Crippen molar-refractivity contribution in [1.29, 1.82) is 0 Å². The molecule has 2 amide bonds. The largest absolute Gasteiger partial charge is 0.479 e. The van der Waals surface area contributed by atoms with Crippen molar-refractivity contribution in [3.05, 3.63) is 107 Å². The van der Waals surface area contributed by atoms with Crippen LogP contribution in [0.1, 0.15) is 54.5 Å². The maximum Gasteiger partial charge on any atom is 0.334 e. The van der Waals surface area contributed by atoms with Gasteiger partial charge in [0.2, 0.25) is 0 Å². The minimum atomic E-state index is -4.21. The number of carbonyl (C=O) groups excluding carboxylic acids is 2. The Bertz CT molecular complexity index is 1830. The van der Waals surface area contributed by atoms with Crippen LogP contribution in [0.2, 0.25) is 0 Å². The van der Waals surface area contributed by atoms with Crippen LogP contribution in [0.5, 0.6) is 0 Å². The second-order valence-corrected chi connectivity index (χ2v) is 13.5. The summed E-state index contributed by atoms with van der Waals surface area (Å²) in [6.07, 6.45) is -0.307. The van der Waals surface area contributed by atoms with Gasteiger partial charge in [-0.2, -0.15) is 5.10 Å². The maximum absolute atomic E-state index is 13.3. The van der Waals surface area contributed by atoms with E-state index in [0.29, 0.717) is 24.1 Å². The smallest absolute Gasteiger partial charge is 0.334 e. The summed E-state index contributed by atoms with van der Waals surface area (Å²) in [5.41, 5.74) is 7.83. The van der Waals surface area contributed by atoms with Crippen LogP contribution >= 0.6 is 0 Å². The molecule has 1 heterocycles. The number of carboxylic acid groups (broad SMARTS) is 1. The van der Waals surface area contributed by atoms with Crippen LogP contribution in [0.4, 0.5) is 0 Å². The van der Waals surface area contributed by atoms with Crippen molar-refractivity contribution in [2.45, 2.75) is 69.2 Å². The van der Waals surface area contributed by atoms with Crippen molar-refractivity contribution < 1.29 is 33.0 Å². The van der Waals surface area contributed by atoms with E-state index in [0.717, 1.165) is 23.2 Å². The number of carbonyl (C=O) groups is 3. The number of aromatic nitrogens is 2. The Morgan fingerprint density at radius 1 is 0.957 bits per heavy atom. The van der Waals surface area contributed by atoms with Crippen LogP contribution in [0.3, 0.4) is 0 Å². The van der Waals surface area contributed by atoms with Crippen LogP contribution in [-0.4, -0.2) is 63.9 Å². The van der Waals surface area contributed by atoms with Crippen LogP contribution in [0, 0.1) is 0 Å². The van der Waals surface area contributed by atoms with Crippen molar-refractivity contribution in [3.63, 3.8) is 0 Å². The van der Waals surface area contributed by atoms with E-state index in [2.05, 4.69) is 15.1 Å². The molecule has 47 heavy (non-hydrogen) atoms. The number of amides is 2. The zero-order chi connectivity index (χ0) is 34.4. The van der Waals surface area contributed by atoms with Crippen LogP contribution in [0.25, 0.3) is 11.1 Å². The molecule has 6 N–H and O–H groups in total. The minimum Gasteiger partial charge on any atom is -0.479 e. The van der Waals surface area contributed by atoms with Gasteiger partial charge in [0.05, 0.1) is 23.0 Å². The molecule has 248 valence electrons. The van der Waals surface area contributed by atoms with Crippen molar-refractivity contribution in [2.24, 2.45) is 5.73 Å². The number of benzene rings is 3. The molecule has 2 atom stereocenters. The van der Waals surface area contributed by atoms with E-state index in [1.54, 1.807) is 65.3 Å². The SMILES string of the molecule is CCCc1cc(C(=O)N[C@H](Cc2ccccc2)[C@@H](O)C(=O)O)nn1Cc1ccc(-c2ccccc2S(=O)(=O)NC(=O)C(C)(C)N)cc1. The molecule has 4 rings (SSSR count). The predicted octanol–water partition coefficient (Wildman–Crippen LogP) is 2.88. The lowest BCUT2D eigenvalue weighted by Gasteiger charge is -2.21. The number of nitrogens with zero attached hydrogens (tertiary/aromatic N) is 2. The fourth-order valence-electron chi connectivity index (χ4n) is 4.90. The number of aryl methyl sites for hydroxylation is 1. The zero-order valence-corrected chi connectivity index (χ0v) is 27.2. The quantitative estimate of drug-likeness (QED) is 0.135. The molecule has 0 saturated carbocycles. The number of rotatable bonds is 14. The van der Waals surface area contributed by atoms with Crippen LogP contribution in [-0.2, 0) is 39.0 Å². The Balaban J connectivity index is 1.55. The highest BCUT2D eigenvalue weighted by atomic mass is 32.2. The van der Waals surface area contributed by atoms with Crippen LogP contribution < -0.4 is 15.8 Å². The number of aliphatic hydroxyl groups is 1. The molecule has 0 bridgehead atoms. The number of nitrogens with two attached hydrogens (primary N) is 1. The van der Waals surface area contributed by atoms with Gasteiger partial charge in [0, 0.05) is 11.3 Å². The lowest BCUT2D eigenvalue weighted by atomic mass is 10.0. The molecular weight excluding hydrogens is 622 g/mol. The molecule has 0 aliphatic rings. The third kappa shape index (κ3) is 8.91. The number of carboxylic acids is 1. The summed E-state index contributed by atoms with van der Waals surface area (Å²) in [6, 6.07) is 23.0. The lowest BCUT2D eigenvalue weighted by Crippen LogP contribution is -2.50. The van der Waals surface area contributed by atoms with Gasteiger partial charge in [-0.05, 0) is 55.5 Å². The number of aliphatic carboxylic acids is 1. The maximum atomic E-state index is 13.3. The van der Waals surface area contributed by atoms with E-state index in [9.17, 15) is 33.0 Å². The number of nitrogens with one attached hydrogen (secondary N) is 2. The number of hydrogen-bond acceptors (Lipinski definition) is 8. The highest BCUT2D eigenvalue weighted by Crippen LogP contribution is 2.28. The van der Waals surface area contributed by atoms with E-state index in [-0.39, 0.29) is 17.0 Å². The van der Waals surface area contributed by atoms with Gasteiger partial charge in [-0.1, -0.05) is 86.1 Å². The molecular formula is C34H39N5O7S. The standard InChI is InChI=1S/C34H39N5O7S/c1-4-10-25-20-28(31(41)36-27(30(40)32(42)43)19-22-11-6-5-7-12-22)37-39(25)21-23-15-17-24(18-16-23)26-13-8-9-14-29(26)47(45,46)38-33(44)34(2,3)35/h5-9,11-18,20,27,30,40H,4,10,19,21,35H2,1-3H3,(H,36,41)(H,38,44)(H,42,43)/t27-,30-/m1/s1. The zero-order valence-electron chi connectivity index (χ0n) is 26.4. The Morgan fingerprint density at radius 3 is 2.21 bits per heavy atom. The van der Waals surface area contributed by atoms with Gasteiger partial charge in [0.1, 0.15) is 5.69 Å². The number of sulfonamides is 1. The summed E-state index contributed by atoms with van der Waals surface area (Å²) >= 11 is 0. The topological polar surface area (TPSA) is 194 Å². The van der Waals surface area contributed by atoms with E-state index >= 15 is 0 Å². The molecule has 0 aliphatic heterocycles. The molecule has 0 unspecified atom stereocenters. The first-order chi connectivity index (χ1) is 22.2. The van der Waals surface area contributed by atoms with Crippen LogP contribution in [0.15, 0.2) is 89.8 Å². The average molecular weight is 662 g/mol. The highest BCUT2D eigenvalue weighted by molar-refractivity contribution is 7.90.